The maximum Gasteiger partial charge on any atom is 0.339 e. The van der Waals surface area contributed by atoms with E-state index >= 15 is 0 Å². The first-order valence-corrected chi connectivity index (χ1v) is 20.5. The van der Waals surface area contributed by atoms with Gasteiger partial charge in [0.15, 0.2) is 0 Å². The number of esters is 2. The average molecular weight is 691 g/mol. The molecule has 7 nitrogen and oxygen atoms in total. The molecule has 0 unspecified atom stereocenters. The summed E-state index contributed by atoms with van der Waals surface area (Å²) >= 11 is 0. The zero-order valence-electron chi connectivity index (χ0n) is 30.2. The summed E-state index contributed by atoms with van der Waals surface area (Å²) in [5.74, 6) is -1.55. The van der Waals surface area contributed by atoms with Crippen LogP contribution in [0.5, 0.6) is 0 Å². The van der Waals surface area contributed by atoms with E-state index in [0.29, 0.717) is 12.8 Å². The number of carbonyl (C=O) groups is 2. The Kier molecular flexibility index (Phi) is 26.7. The van der Waals surface area contributed by atoms with Gasteiger partial charge < -0.3 is 9.47 Å². The first kappa shape index (κ1) is 43.6. The van der Waals surface area contributed by atoms with Crippen molar-refractivity contribution in [3.63, 3.8) is 0 Å². The number of hydrogen-bond donors (Lipinski definition) is 1. The molecule has 1 aromatic rings. The first-order chi connectivity index (χ1) is 23.3. The highest BCUT2D eigenvalue weighted by atomic mass is 32.2. The number of carbonyl (C=O) groups excluding carboxylic acids is 2. The number of hydrogen-bond acceptors (Lipinski definition) is 6. The van der Waals surface area contributed by atoms with E-state index in [0.717, 1.165) is 50.7 Å². The molecule has 0 radical (unpaired) electrons. The van der Waals surface area contributed by atoms with Gasteiger partial charge in [-0.3, -0.25) is 4.55 Å². The van der Waals surface area contributed by atoms with Crippen molar-refractivity contribution in [3.05, 3.63) is 53.6 Å². The Morgan fingerprint density at radius 3 is 1.29 bits per heavy atom. The topological polar surface area (TPSA) is 107 Å². The van der Waals surface area contributed by atoms with E-state index in [2.05, 4.69) is 38.2 Å². The van der Waals surface area contributed by atoms with Crippen molar-refractivity contribution < 1.29 is 32.0 Å². The lowest BCUT2D eigenvalue weighted by atomic mass is 10.1. The van der Waals surface area contributed by atoms with Crippen LogP contribution in [0.2, 0.25) is 0 Å². The second-order valence-corrected chi connectivity index (χ2v) is 14.3. The van der Waals surface area contributed by atoms with Crippen LogP contribution in [0.25, 0.3) is 0 Å². The van der Waals surface area contributed by atoms with Gasteiger partial charge in [-0.15, -0.1) is 0 Å². The predicted octanol–water partition coefficient (Wildman–Crippen LogP) is 11.8. The minimum atomic E-state index is -4.57. The van der Waals surface area contributed by atoms with Crippen LogP contribution in [0, 0.1) is 0 Å². The Morgan fingerprint density at radius 1 is 0.542 bits per heavy atom. The van der Waals surface area contributed by atoms with Crippen LogP contribution in [0.15, 0.2) is 47.4 Å². The molecule has 1 aromatic carbocycles. The lowest BCUT2D eigenvalue weighted by Crippen LogP contribution is -2.16. The van der Waals surface area contributed by atoms with Crippen LogP contribution in [-0.2, 0) is 19.6 Å². The van der Waals surface area contributed by atoms with Crippen LogP contribution in [0.1, 0.15) is 189 Å². The molecule has 0 aliphatic rings. The van der Waals surface area contributed by atoms with E-state index in [-0.39, 0.29) is 24.3 Å². The Hall–Kier alpha value is -2.45. The molecule has 0 saturated carbocycles. The SMILES string of the molecule is CCCCCCCCCC/C=C/CCCCOC(=O)c1ccc(S(=O)(=O)O)cc1C(=O)OCCCC/C=C/CCCCCCCCCC. The fraction of sp³-hybridized carbons (Fsp3) is 0.700. The number of rotatable bonds is 31. The smallest absolute Gasteiger partial charge is 0.339 e. The van der Waals surface area contributed by atoms with Gasteiger partial charge in [0, 0.05) is 0 Å². The number of benzene rings is 1. The zero-order chi connectivity index (χ0) is 35.1. The monoisotopic (exact) mass is 690 g/mol. The maximum absolute atomic E-state index is 12.9. The Balaban J connectivity index is 2.35. The summed E-state index contributed by atoms with van der Waals surface area (Å²) in [5.41, 5.74) is -0.314. The molecule has 1 rings (SSSR count). The number of allylic oxidation sites excluding steroid dienone is 4. The van der Waals surface area contributed by atoms with Crippen LogP contribution in [0.3, 0.4) is 0 Å². The Labute approximate surface area is 293 Å². The van der Waals surface area contributed by atoms with E-state index < -0.39 is 27.0 Å². The fourth-order valence-electron chi connectivity index (χ4n) is 5.51. The molecule has 0 aliphatic heterocycles. The van der Waals surface area contributed by atoms with Crippen LogP contribution in [0.4, 0.5) is 0 Å². The summed E-state index contributed by atoms with van der Waals surface area (Å²) in [6.45, 7) is 4.81. The van der Waals surface area contributed by atoms with Gasteiger partial charge in [0.05, 0.1) is 29.2 Å². The molecule has 8 heteroatoms. The van der Waals surface area contributed by atoms with Crippen molar-refractivity contribution in [2.24, 2.45) is 0 Å². The van der Waals surface area contributed by atoms with Crippen LogP contribution in [-0.4, -0.2) is 38.1 Å². The van der Waals surface area contributed by atoms with Crippen LogP contribution < -0.4 is 0 Å². The third kappa shape index (κ3) is 23.0. The summed E-state index contributed by atoms with van der Waals surface area (Å²) in [4.78, 5) is 25.2. The molecule has 0 saturated heterocycles. The highest BCUT2D eigenvalue weighted by Crippen LogP contribution is 2.19. The molecule has 0 aromatic heterocycles. The van der Waals surface area contributed by atoms with Gasteiger partial charge in [0.1, 0.15) is 0 Å². The van der Waals surface area contributed by atoms with Crippen LogP contribution >= 0.6 is 0 Å². The average Bonchev–Trinajstić information content (AvgIpc) is 3.07. The lowest BCUT2D eigenvalue weighted by Gasteiger charge is -2.11. The molecule has 0 spiro atoms. The molecule has 0 amide bonds. The largest absolute Gasteiger partial charge is 0.462 e. The Bertz CT molecular complexity index is 1140. The van der Waals surface area contributed by atoms with Gasteiger partial charge in [-0.25, -0.2) is 9.59 Å². The van der Waals surface area contributed by atoms with Crippen molar-refractivity contribution in [2.75, 3.05) is 13.2 Å². The van der Waals surface area contributed by atoms with E-state index in [4.69, 9.17) is 9.47 Å². The van der Waals surface area contributed by atoms with Crippen molar-refractivity contribution in [1.29, 1.82) is 0 Å². The highest BCUT2D eigenvalue weighted by Gasteiger charge is 2.23. The number of ether oxygens (including phenoxy) is 2. The second-order valence-electron chi connectivity index (χ2n) is 12.9. The summed E-state index contributed by atoms with van der Waals surface area (Å²) < 4.78 is 43.6. The van der Waals surface area contributed by atoms with Crippen molar-refractivity contribution in [1.82, 2.24) is 0 Å². The molecular formula is C40H66O7S. The molecule has 274 valence electrons. The summed E-state index contributed by atoms with van der Waals surface area (Å²) in [7, 11) is -4.57. The number of unbranched alkanes of at least 4 members (excludes halogenated alkanes) is 20. The zero-order valence-corrected chi connectivity index (χ0v) is 31.0. The van der Waals surface area contributed by atoms with Gasteiger partial charge in [0.25, 0.3) is 10.1 Å². The predicted molar refractivity (Wildman–Crippen MR) is 197 cm³/mol. The standard InChI is InChI=1S/C40H66O7S/c1-3-5-7-9-11-13-15-17-19-21-23-25-27-29-33-46-39(41)37-32-31-36(48(43,44)45)35-38(37)40(42)47-34-30-28-26-24-22-20-18-16-14-12-10-8-6-4-2/h21-24,31-32,35H,3-20,25-30,33-34H2,1-2H3,(H,43,44,45)/b23-21+,24-22+. The molecule has 0 heterocycles. The minimum Gasteiger partial charge on any atom is -0.462 e. The molecule has 0 bridgehead atoms. The molecule has 1 N–H and O–H groups in total. The quantitative estimate of drug-likeness (QED) is 0.0357. The van der Waals surface area contributed by atoms with Crippen molar-refractivity contribution in [3.8, 4) is 0 Å². The summed E-state index contributed by atoms with van der Waals surface area (Å²) in [6, 6.07) is 3.24. The fourth-order valence-corrected chi connectivity index (χ4v) is 6.01. The van der Waals surface area contributed by atoms with E-state index in [1.807, 2.05) is 0 Å². The van der Waals surface area contributed by atoms with E-state index in [9.17, 15) is 22.6 Å². The Morgan fingerprint density at radius 2 is 0.896 bits per heavy atom. The van der Waals surface area contributed by atoms with Gasteiger partial charge in [0.2, 0.25) is 0 Å². The third-order valence-electron chi connectivity index (χ3n) is 8.51. The molecular weight excluding hydrogens is 624 g/mol. The highest BCUT2D eigenvalue weighted by molar-refractivity contribution is 7.85. The van der Waals surface area contributed by atoms with Crippen molar-refractivity contribution in [2.45, 2.75) is 173 Å². The maximum atomic E-state index is 12.9. The second kappa shape index (κ2) is 29.5. The molecule has 0 atom stereocenters. The minimum absolute atomic E-state index is 0.0819. The first-order valence-electron chi connectivity index (χ1n) is 19.1. The van der Waals surface area contributed by atoms with E-state index in [1.54, 1.807) is 0 Å². The molecule has 48 heavy (non-hydrogen) atoms. The van der Waals surface area contributed by atoms with Gasteiger partial charge in [-0.2, -0.15) is 8.42 Å². The van der Waals surface area contributed by atoms with Crippen molar-refractivity contribution >= 4 is 22.1 Å². The summed E-state index contributed by atoms with van der Waals surface area (Å²) in [5, 5.41) is 0. The van der Waals surface area contributed by atoms with Gasteiger partial charge in [-0.1, -0.05) is 128 Å². The molecule has 0 fully saturated rings. The lowest BCUT2D eigenvalue weighted by molar-refractivity contribution is 0.0451. The van der Waals surface area contributed by atoms with Gasteiger partial charge >= 0.3 is 11.9 Å². The third-order valence-corrected chi connectivity index (χ3v) is 9.36. The van der Waals surface area contributed by atoms with Gasteiger partial charge in [-0.05, 0) is 82.4 Å². The molecule has 0 aliphatic carbocycles. The summed E-state index contributed by atoms with van der Waals surface area (Å²) in [6.07, 6.45) is 36.8. The normalized spacial score (nSPS) is 11.9. The van der Waals surface area contributed by atoms with E-state index in [1.165, 1.54) is 109 Å².